The van der Waals surface area contributed by atoms with Crippen molar-refractivity contribution in [1.82, 2.24) is 25.2 Å². The number of benzene rings is 1. The second-order valence-corrected chi connectivity index (χ2v) is 7.59. The maximum Gasteiger partial charge on any atom is 0.323 e. The molecule has 2 aromatic heterocycles. The first-order valence-corrected chi connectivity index (χ1v) is 9.37. The van der Waals surface area contributed by atoms with E-state index in [9.17, 15) is 9.50 Å². The number of aromatic nitrogens is 5. The van der Waals surface area contributed by atoms with Crippen molar-refractivity contribution in [2.45, 2.75) is 31.9 Å². The van der Waals surface area contributed by atoms with E-state index in [2.05, 4.69) is 20.5 Å². The normalized spacial score (nSPS) is 14.0. The standard InChI is InChI=1S/C19H19ClF3N5O2/c1-12(2)9-30-14-4-6-17(24-8-14)19(22,23)18(29,10-28-11-25-26-27-28)15-5-3-13(20)7-16(15)21/h3-8,11-12,29H,9-10H2,1-2H3. The number of ether oxygens (including phenoxy) is 1. The topological polar surface area (TPSA) is 86.0 Å². The first-order chi connectivity index (χ1) is 14.1. The fourth-order valence-electron chi connectivity index (χ4n) is 2.79. The van der Waals surface area contributed by atoms with Crippen LogP contribution in [0.15, 0.2) is 42.9 Å². The summed E-state index contributed by atoms with van der Waals surface area (Å²) in [5, 5.41) is 21.4. The Balaban J connectivity index is 2.03. The van der Waals surface area contributed by atoms with Crippen LogP contribution in [0.5, 0.6) is 5.75 Å². The molecule has 0 amide bonds. The monoisotopic (exact) mass is 441 g/mol. The lowest BCUT2D eigenvalue weighted by atomic mass is 9.84. The molecule has 0 spiro atoms. The molecule has 1 unspecified atom stereocenters. The van der Waals surface area contributed by atoms with Gasteiger partial charge in [0.1, 0.15) is 23.6 Å². The van der Waals surface area contributed by atoms with Crippen molar-refractivity contribution in [3.05, 3.63) is 65.0 Å². The molecular weight excluding hydrogens is 423 g/mol. The van der Waals surface area contributed by atoms with Gasteiger partial charge in [-0.2, -0.15) is 8.78 Å². The molecule has 160 valence electrons. The molecule has 3 rings (SSSR count). The Morgan fingerprint density at radius 2 is 2.00 bits per heavy atom. The number of nitrogens with zero attached hydrogens (tertiary/aromatic N) is 5. The molecule has 11 heteroatoms. The number of hydrogen-bond donors (Lipinski definition) is 1. The van der Waals surface area contributed by atoms with E-state index in [1.807, 2.05) is 13.8 Å². The minimum Gasteiger partial charge on any atom is -0.492 e. The summed E-state index contributed by atoms with van der Waals surface area (Å²) in [6.45, 7) is 3.43. The van der Waals surface area contributed by atoms with E-state index in [1.54, 1.807) is 0 Å². The van der Waals surface area contributed by atoms with Gasteiger partial charge in [-0.25, -0.2) is 9.07 Å². The van der Waals surface area contributed by atoms with E-state index in [0.29, 0.717) is 12.4 Å². The Bertz CT molecular complexity index is 986. The Morgan fingerprint density at radius 3 is 2.57 bits per heavy atom. The fraction of sp³-hybridized carbons (Fsp3) is 0.368. The van der Waals surface area contributed by atoms with Crippen LogP contribution in [0.3, 0.4) is 0 Å². The van der Waals surface area contributed by atoms with Crippen LogP contribution in [-0.4, -0.2) is 36.9 Å². The van der Waals surface area contributed by atoms with E-state index < -0.39 is 35.1 Å². The van der Waals surface area contributed by atoms with Gasteiger partial charge in [-0.05, 0) is 40.6 Å². The Hall–Kier alpha value is -2.72. The summed E-state index contributed by atoms with van der Waals surface area (Å²) in [6.07, 6.45) is 2.16. The van der Waals surface area contributed by atoms with Crippen LogP contribution in [0.2, 0.25) is 5.02 Å². The van der Waals surface area contributed by atoms with Crippen molar-refractivity contribution in [2.24, 2.45) is 5.92 Å². The van der Waals surface area contributed by atoms with Gasteiger partial charge in [0.2, 0.25) is 0 Å². The van der Waals surface area contributed by atoms with Crippen LogP contribution in [0.4, 0.5) is 13.2 Å². The van der Waals surface area contributed by atoms with E-state index in [-0.39, 0.29) is 10.9 Å². The Kier molecular flexibility index (Phi) is 6.27. The number of halogens is 4. The van der Waals surface area contributed by atoms with Crippen molar-refractivity contribution in [3.63, 3.8) is 0 Å². The number of aliphatic hydroxyl groups is 1. The molecule has 1 N–H and O–H groups in total. The maximum atomic E-state index is 15.6. The van der Waals surface area contributed by atoms with E-state index in [4.69, 9.17) is 16.3 Å². The van der Waals surface area contributed by atoms with Gasteiger partial charge in [0.25, 0.3) is 0 Å². The molecule has 0 aliphatic heterocycles. The number of rotatable bonds is 8. The molecule has 7 nitrogen and oxygen atoms in total. The average Bonchev–Trinajstić information content (AvgIpc) is 3.19. The van der Waals surface area contributed by atoms with Crippen molar-refractivity contribution in [1.29, 1.82) is 0 Å². The minimum atomic E-state index is -4.02. The molecule has 0 aliphatic carbocycles. The molecule has 0 radical (unpaired) electrons. The quantitative estimate of drug-likeness (QED) is 0.575. The first kappa shape index (κ1) is 22.0. The van der Waals surface area contributed by atoms with Crippen molar-refractivity contribution in [3.8, 4) is 5.75 Å². The SMILES string of the molecule is CC(C)COc1ccc(C(F)(F)C(O)(Cn2cnnn2)c2ccc(Cl)cc2F)nc1. The highest BCUT2D eigenvalue weighted by molar-refractivity contribution is 6.30. The molecule has 0 aliphatic rings. The summed E-state index contributed by atoms with van der Waals surface area (Å²) in [5.41, 5.74) is -4.51. The number of tetrazole rings is 1. The molecular formula is C19H19ClF3N5O2. The third-order valence-electron chi connectivity index (χ3n) is 4.32. The molecule has 0 saturated carbocycles. The zero-order chi connectivity index (χ0) is 21.9. The second kappa shape index (κ2) is 8.57. The molecule has 3 aromatic rings. The predicted molar refractivity (Wildman–Crippen MR) is 102 cm³/mol. The summed E-state index contributed by atoms with van der Waals surface area (Å²) in [5.74, 6) is -4.59. The molecule has 30 heavy (non-hydrogen) atoms. The van der Waals surface area contributed by atoms with Gasteiger partial charge in [-0.15, -0.1) is 5.10 Å². The Labute approximate surface area is 175 Å². The number of pyridine rings is 1. The van der Waals surface area contributed by atoms with E-state index in [0.717, 1.165) is 35.4 Å². The molecule has 0 fully saturated rings. The molecule has 1 atom stereocenters. The van der Waals surface area contributed by atoms with Crippen molar-refractivity contribution < 1.29 is 23.0 Å². The van der Waals surface area contributed by atoms with Crippen LogP contribution in [-0.2, 0) is 18.1 Å². The lowest BCUT2D eigenvalue weighted by Gasteiger charge is -2.35. The van der Waals surface area contributed by atoms with Gasteiger partial charge < -0.3 is 9.84 Å². The lowest BCUT2D eigenvalue weighted by molar-refractivity contribution is -0.207. The third kappa shape index (κ3) is 4.39. The predicted octanol–water partition coefficient (Wildman–Crippen LogP) is 3.58. The van der Waals surface area contributed by atoms with Crippen LogP contribution in [0, 0.1) is 11.7 Å². The highest BCUT2D eigenvalue weighted by Gasteiger charge is 2.57. The maximum absolute atomic E-state index is 15.6. The van der Waals surface area contributed by atoms with Gasteiger partial charge in [0.15, 0.2) is 5.60 Å². The summed E-state index contributed by atoms with van der Waals surface area (Å²) in [4.78, 5) is 3.75. The first-order valence-electron chi connectivity index (χ1n) is 8.99. The van der Waals surface area contributed by atoms with Crippen LogP contribution >= 0.6 is 11.6 Å². The average molecular weight is 442 g/mol. The van der Waals surface area contributed by atoms with Gasteiger partial charge in [-0.3, -0.25) is 4.98 Å². The summed E-state index contributed by atoms with van der Waals surface area (Å²) in [6, 6.07) is 5.38. The summed E-state index contributed by atoms with van der Waals surface area (Å²) < 4.78 is 52.1. The van der Waals surface area contributed by atoms with E-state index in [1.165, 1.54) is 12.1 Å². The zero-order valence-corrected chi connectivity index (χ0v) is 16.9. The zero-order valence-electron chi connectivity index (χ0n) is 16.1. The lowest BCUT2D eigenvalue weighted by Crippen LogP contribution is -2.48. The second-order valence-electron chi connectivity index (χ2n) is 7.15. The molecule has 0 saturated heterocycles. The van der Waals surface area contributed by atoms with Crippen molar-refractivity contribution in [2.75, 3.05) is 6.61 Å². The van der Waals surface area contributed by atoms with Gasteiger partial charge in [0, 0.05) is 10.6 Å². The third-order valence-corrected chi connectivity index (χ3v) is 4.55. The van der Waals surface area contributed by atoms with Gasteiger partial charge in [0.05, 0.1) is 19.3 Å². The molecule has 1 aromatic carbocycles. The van der Waals surface area contributed by atoms with Gasteiger partial charge in [-0.1, -0.05) is 31.5 Å². The van der Waals surface area contributed by atoms with Crippen molar-refractivity contribution >= 4 is 11.6 Å². The van der Waals surface area contributed by atoms with Crippen LogP contribution in [0.25, 0.3) is 0 Å². The summed E-state index contributed by atoms with van der Waals surface area (Å²) in [7, 11) is 0. The van der Waals surface area contributed by atoms with Gasteiger partial charge >= 0.3 is 5.92 Å². The largest absolute Gasteiger partial charge is 0.492 e. The number of hydrogen-bond acceptors (Lipinski definition) is 6. The highest BCUT2D eigenvalue weighted by atomic mass is 35.5. The van der Waals surface area contributed by atoms with Crippen LogP contribution in [0.1, 0.15) is 25.1 Å². The van der Waals surface area contributed by atoms with Crippen LogP contribution < -0.4 is 4.74 Å². The number of alkyl halides is 2. The Morgan fingerprint density at radius 1 is 1.23 bits per heavy atom. The molecule has 2 heterocycles. The molecule has 0 bridgehead atoms. The highest BCUT2D eigenvalue weighted by Crippen LogP contribution is 2.47. The van der Waals surface area contributed by atoms with E-state index >= 15 is 8.78 Å². The fourth-order valence-corrected chi connectivity index (χ4v) is 2.95. The smallest absolute Gasteiger partial charge is 0.323 e. The minimum absolute atomic E-state index is 0.00545. The summed E-state index contributed by atoms with van der Waals surface area (Å²) >= 11 is 5.74.